The molecule has 1 saturated carbocycles. The van der Waals surface area contributed by atoms with Crippen molar-refractivity contribution < 1.29 is 38.5 Å². The number of methoxy groups -OCH3 is 3. The van der Waals surface area contributed by atoms with Gasteiger partial charge in [-0.25, -0.2) is 0 Å². The fourth-order valence-corrected chi connectivity index (χ4v) is 10.7. The van der Waals surface area contributed by atoms with Crippen molar-refractivity contribution in [2.75, 3.05) is 31.7 Å². The third-order valence-electron chi connectivity index (χ3n) is 13.2. The molecule has 11 nitrogen and oxygen atoms in total. The first-order valence-corrected chi connectivity index (χ1v) is 21.3. The van der Waals surface area contributed by atoms with Gasteiger partial charge in [0.05, 0.1) is 60.9 Å². The summed E-state index contributed by atoms with van der Waals surface area (Å²) in [5.41, 5.74) is 5.99. The quantitative estimate of drug-likeness (QED) is 0.0800. The summed E-state index contributed by atoms with van der Waals surface area (Å²) >= 11 is 12.8. The number of nitrogens with one attached hydrogen (secondary N) is 1. The van der Waals surface area contributed by atoms with Crippen LogP contribution in [-0.2, 0) is 24.6 Å². The molecule has 9 rings (SSSR count). The monoisotopic (exact) mass is 883 g/mol. The lowest BCUT2D eigenvalue weighted by molar-refractivity contribution is -0.138. The summed E-state index contributed by atoms with van der Waals surface area (Å²) in [4.78, 5) is 61.2. The first-order chi connectivity index (χ1) is 30.4. The van der Waals surface area contributed by atoms with Crippen LogP contribution in [0.25, 0.3) is 12.2 Å². The van der Waals surface area contributed by atoms with Gasteiger partial charge in [0.2, 0.25) is 11.8 Å². The molecular formula is C50H43Cl2N3O8. The average Bonchev–Trinajstić information content (AvgIpc) is 3.67. The van der Waals surface area contributed by atoms with Crippen LogP contribution in [0.1, 0.15) is 46.6 Å². The maximum atomic E-state index is 15.5. The van der Waals surface area contributed by atoms with Gasteiger partial charge in [-0.05, 0) is 103 Å². The molecule has 2 N–H and O–H groups in total. The zero-order chi connectivity index (χ0) is 44.3. The van der Waals surface area contributed by atoms with Gasteiger partial charge in [-0.2, -0.15) is 5.01 Å². The van der Waals surface area contributed by atoms with Gasteiger partial charge in [0.25, 0.3) is 11.8 Å². The molecule has 6 unspecified atom stereocenters. The van der Waals surface area contributed by atoms with Crippen molar-refractivity contribution in [1.29, 1.82) is 0 Å². The first kappa shape index (κ1) is 41.8. The van der Waals surface area contributed by atoms with Gasteiger partial charge in [0.15, 0.2) is 0 Å². The number of aryl methyl sites for hydroxylation is 1. The van der Waals surface area contributed by atoms with Crippen molar-refractivity contribution in [3.05, 3.63) is 153 Å². The van der Waals surface area contributed by atoms with Gasteiger partial charge in [-0.15, -0.1) is 0 Å². The maximum absolute atomic E-state index is 15.5. The molecule has 13 heteroatoms. The predicted molar refractivity (Wildman–Crippen MR) is 241 cm³/mol. The SMILES string of the molecule is COc1ccc(C23C(=O)N(Nc4ccc(Cl)cc4Cl)C(=O)C2CC2C(=CCC4C(=O)N(c5ccc(C=Cc6cc(OC)ccc6OC)cc5)C(=O)C42)C3c2cccc(C)c2O)cc1. The minimum absolute atomic E-state index is 0.0281. The second-order valence-corrected chi connectivity index (χ2v) is 17.1. The lowest BCUT2D eigenvalue weighted by atomic mass is 9.49. The number of carbonyl (C=O) groups excluding carboxylic acids is 4. The highest BCUT2D eigenvalue weighted by Gasteiger charge is 2.70. The largest absolute Gasteiger partial charge is 0.507 e. The normalized spacial score (nSPS) is 24.0. The lowest BCUT2D eigenvalue weighted by Gasteiger charge is -2.50. The van der Waals surface area contributed by atoms with Crippen molar-refractivity contribution in [2.45, 2.75) is 31.1 Å². The van der Waals surface area contributed by atoms with E-state index in [2.05, 4.69) is 5.43 Å². The molecule has 2 saturated heterocycles. The summed E-state index contributed by atoms with van der Waals surface area (Å²) in [5.74, 6) is -4.09. The van der Waals surface area contributed by atoms with E-state index < -0.39 is 46.8 Å². The van der Waals surface area contributed by atoms with Crippen molar-refractivity contribution in [3.63, 3.8) is 0 Å². The van der Waals surface area contributed by atoms with Crippen LogP contribution in [0.4, 0.5) is 11.4 Å². The second kappa shape index (κ2) is 16.3. The van der Waals surface area contributed by atoms with Gasteiger partial charge >= 0.3 is 0 Å². The summed E-state index contributed by atoms with van der Waals surface area (Å²) < 4.78 is 16.4. The van der Waals surface area contributed by atoms with Crippen LogP contribution in [0.15, 0.2) is 115 Å². The Morgan fingerprint density at radius 1 is 0.778 bits per heavy atom. The average molecular weight is 885 g/mol. The first-order valence-electron chi connectivity index (χ1n) is 20.5. The number of carbonyl (C=O) groups is 4. The zero-order valence-corrected chi connectivity index (χ0v) is 36.3. The Hall–Kier alpha value is -6.56. The van der Waals surface area contributed by atoms with E-state index in [1.54, 1.807) is 95.0 Å². The maximum Gasteiger partial charge on any atom is 0.260 e. The Morgan fingerprint density at radius 2 is 1.51 bits per heavy atom. The van der Waals surface area contributed by atoms with E-state index in [-0.39, 0.29) is 41.1 Å². The van der Waals surface area contributed by atoms with E-state index in [4.69, 9.17) is 37.4 Å². The fourth-order valence-electron chi connectivity index (χ4n) is 10.2. The highest BCUT2D eigenvalue weighted by atomic mass is 35.5. The van der Waals surface area contributed by atoms with E-state index in [9.17, 15) is 14.7 Å². The molecule has 63 heavy (non-hydrogen) atoms. The third kappa shape index (κ3) is 6.72. The number of benzene rings is 5. The zero-order valence-electron chi connectivity index (χ0n) is 34.8. The van der Waals surface area contributed by atoms with Crippen LogP contribution in [0.5, 0.6) is 23.0 Å². The van der Waals surface area contributed by atoms with Crippen LogP contribution in [-0.4, -0.2) is 55.1 Å². The molecule has 4 amide bonds. The number of fused-ring (bicyclic) bond motifs is 4. The number of allylic oxidation sites excluding steroid dienone is 2. The van der Waals surface area contributed by atoms with Crippen molar-refractivity contribution in [1.82, 2.24) is 5.01 Å². The topological polar surface area (TPSA) is 135 Å². The van der Waals surface area contributed by atoms with Gasteiger partial charge in [0.1, 0.15) is 23.0 Å². The molecule has 4 aliphatic rings. The number of phenols is 1. The standard InChI is InChI=1S/C50H43Cl2N3O8/c1-27-6-5-7-37(45(27)56)44-35-20-21-36-43(48(59)54(46(36)57)32-15-9-28(10-16-32)8-11-29-24-34(62-3)19-23-42(29)63-4)38(35)26-39-47(58)55(53-41-22-14-31(51)25-40(41)52)49(60)50(39,44)30-12-17-33(61-2)18-13-30/h5-20,22-25,36,38-39,43-44,53,56H,21,26H2,1-4H3. The number of halogens is 2. The molecule has 3 fully saturated rings. The number of rotatable bonds is 10. The van der Waals surface area contributed by atoms with Gasteiger partial charge in [-0.3, -0.25) is 29.5 Å². The van der Waals surface area contributed by atoms with Crippen LogP contribution < -0.4 is 24.5 Å². The van der Waals surface area contributed by atoms with E-state index in [0.717, 1.165) is 16.1 Å². The molecule has 0 bridgehead atoms. The molecule has 0 spiro atoms. The Bertz CT molecular complexity index is 2750. The number of amides is 4. The molecule has 5 aromatic rings. The lowest BCUT2D eigenvalue weighted by Crippen LogP contribution is -2.53. The number of hydrogen-bond donors (Lipinski definition) is 2. The molecule has 2 aliphatic heterocycles. The van der Waals surface area contributed by atoms with Gasteiger partial charge in [-0.1, -0.05) is 89.5 Å². The Morgan fingerprint density at radius 3 is 2.21 bits per heavy atom. The van der Waals surface area contributed by atoms with Gasteiger partial charge < -0.3 is 19.3 Å². The smallest absolute Gasteiger partial charge is 0.260 e. The number of phenolic OH excluding ortho intramolecular Hbond substituents is 1. The number of para-hydroxylation sites is 1. The predicted octanol–water partition coefficient (Wildman–Crippen LogP) is 9.39. The number of hydrogen-bond acceptors (Lipinski definition) is 9. The molecule has 2 aliphatic carbocycles. The van der Waals surface area contributed by atoms with E-state index in [1.165, 1.54) is 11.0 Å². The Kier molecular flexibility index (Phi) is 10.8. The van der Waals surface area contributed by atoms with Crippen LogP contribution >= 0.6 is 23.2 Å². The minimum Gasteiger partial charge on any atom is -0.507 e. The molecule has 2 heterocycles. The number of aromatic hydroxyl groups is 1. The number of hydrazine groups is 1. The van der Waals surface area contributed by atoms with Crippen LogP contribution in [0, 0.1) is 30.6 Å². The highest BCUT2D eigenvalue weighted by Crippen LogP contribution is 2.65. The van der Waals surface area contributed by atoms with Crippen molar-refractivity contribution in [2.24, 2.45) is 23.7 Å². The number of imide groups is 2. The summed E-state index contributed by atoms with van der Waals surface area (Å²) in [5, 5.41) is 13.5. The molecule has 320 valence electrons. The van der Waals surface area contributed by atoms with Crippen molar-refractivity contribution in [3.8, 4) is 23.0 Å². The summed E-state index contributed by atoms with van der Waals surface area (Å²) in [7, 11) is 4.74. The molecule has 5 aromatic carbocycles. The summed E-state index contributed by atoms with van der Waals surface area (Å²) in [6, 6.07) is 29.7. The molecular weight excluding hydrogens is 841 g/mol. The molecule has 0 aromatic heterocycles. The van der Waals surface area contributed by atoms with E-state index >= 15 is 9.59 Å². The third-order valence-corrected chi connectivity index (χ3v) is 13.8. The van der Waals surface area contributed by atoms with E-state index in [1.807, 2.05) is 48.6 Å². The molecule has 6 atom stereocenters. The van der Waals surface area contributed by atoms with Crippen LogP contribution in [0.2, 0.25) is 10.0 Å². The summed E-state index contributed by atoms with van der Waals surface area (Å²) in [6.45, 7) is 1.77. The van der Waals surface area contributed by atoms with E-state index in [0.29, 0.717) is 50.2 Å². The Labute approximate surface area is 374 Å². The van der Waals surface area contributed by atoms with Gasteiger partial charge in [0, 0.05) is 22.1 Å². The second-order valence-electron chi connectivity index (χ2n) is 16.3. The number of nitrogens with zero attached hydrogens (tertiary/aromatic N) is 2. The number of anilines is 2. The molecule has 0 radical (unpaired) electrons. The highest BCUT2D eigenvalue weighted by molar-refractivity contribution is 6.36. The number of ether oxygens (including phenoxy) is 3. The Balaban J connectivity index is 1.13. The van der Waals surface area contributed by atoms with Crippen molar-refractivity contribution >= 4 is 70.4 Å². The summed E-state index contributed by atoms with van der Waals surface area (Å²) in [6.07, 6.45) is 6.05. The minimum atomic E-state index is -1.61. The van der Waals surface area contributed by atoms with Crippen LogP contribution in [0.3, 0.4) is 0 Å². The fraction of sp³-hybridized carbons (Fsp3) is 0.240.